The summed E-state index contributed by atoms with van der Waals surface area (Å²) in [6.45, 7) is 2.19. The van der Waals surface area contributed by atoms with Crippen molar-refractivity contribution in [2.45, 2.75) is 12.5 Å². The first-order valence-corrected chi connectivity index (χ1v) is 9.30. The van der Waals surface area contributed by atoms with Crippen LogP contribution in [0.2, 0.25) is 5.02 Å². The van der Waals surface area contributed by atoms with Crippen LogP contribution in [0.4, 0.5) is 0 Å². The second kappa shape index (κ2) is 7.55. The summed E-state index contributed by atoms with van der Waals surface area (Å²) in [7, 11) is 0. The van der Waals surface area contributed by atoms with Crippen molar-refractivity contribution < 1.29 is 9.59 Å². The summed E-state index contributed by atoms with van der Waals surface area (Å²) < 4.78 is 0. The van der Waals surface area contributed by atoms with Crippen LogP contribution in [0.15, 0.2) is 24.3 Å². The molecule has 23 heavy (non-hydrogen) atoms. The van der Waals surface area contributed by atoms with Gasteiger partial charge in [0.25, 0.3) is 5.91 Å². The fourth-order valence-electron chi connectivity index (χ4n) is 2.90. The molecular weight excluding hydrogens is 334 g/mol. The molecule has 0 saturated carbocycles. The van der Waals surface area contributed by atoms with Gasteiger partial charge in [0.1, 0.15) is 0 Å². The Labute approximate surface area is 145 Å². The van der Waals surface area contributed by atoms with Crippen LogP contribution in [-0.4, -0.2) is 54.0 Å². The van der Waals surface area contributed by atoms with Crippen LogP contribution in [0, 0.1) is 5.92 Å². The molecule has 0 aromatic heterocycles. The average Bonchev–Trinajstić information content (AvgIpc) is 3.24. The summed E-state index contributed by atoms with van der Waals surface area (Å²) in [5, 5.41) is 6.84. The first kappa shape index (κ1) is 16.6. The van der Waals surface area contributed by atoms with Gasteiger partial charge in [0.2, 0.25) is 5.91 Å². The van der Waals surface area contributed by atoms with Gasteiger partial charge in [-0.2, -0.15) is 0 Å². The molecule has 2 amide bonds. The molecule has 0 bridgehead atoms. The molecule has 0 aliphatic carbocycles. The zero-order valence-electron chi connectivity index (χ0n) is 12.8. The maximum atomic E-state index is 12.3. The van der Waals surface area contributed by atoms with Crippen molar-refractivity contribution in [3.63, 3.8) is 0 Å². The van der Waals surface area contributed by atoms with Crippen molar-refractivity contribution in [3.8, 4) is 0 Å². The quantitative estimate of drug-likeness (QED) is 0.862. The molecule has 1 aromatic rings. The molecule has 2 fully saturated rings. The SMILES string of the molecule is O=C(NC[C@@H]1CN[C@H](C(=O)N2CCSC2)C1)c1ccc(Cl)cc1. The Hall–Kier alpha value is -1.24. The van der Waals surface area contributed by atoms with Crippen molar-refractivity contribution in [3.05, 3.63) is 34.9 Å². The largest absolute Gasteiger partial charge is 0.352 e. The molecule has 124 valence electrons. The summed E-state index contributed by atoms with van der Waals surface area (Å²) >= 11 is 7.61. The summed E-state index contributed by atoms with van der Waals surface area (Å²) in [5.41, 5.74) is 0.599. The Bertz CT molecular complexity index is 575. The van der Waals surface area contributed by atoms with Gasteiger partial charge in [0, 0.05) is 36.0 Å². The predicted octanol–water partition coefficient (Wildman–Crippen LogP) is 1.58. The van der Waals surface area contributed by atoms with Gasteiger partial charge >= 0.3 is 0 Å². The summed E-state index contributed by atoms with van der Waals surface area (Å²) in [6, 6.07) is 6.72. The maximum Gasteiger partial charge on any atom is 0.251 e. The van der Waals surface area contributed by atoms with Crippen molar-refractivity contribution in [2.75, 3.05) is 31.3 Å². The Morgan fingerprint density at radius 1 is 1.35 bits per heavy atom. The highest BCUT2D eigenvalue weighted by Gasteiger charge is 2.33. The first-order valence-electron chi connectivity index (χ1n) is 7.77. The van der Waals surface area contributed by atoms with Crippen LogP contribution >= 0.6 is 23.4 Å². The van der Waals surface area contributed by atoms with E-state index in [1.807, 2.05) is 4.90 Å². The number of nitrogens with one attached hydrogen (secondary N) is 2. The number of hydrogen-bond donors (Lipinski definition) is 2. The Morgan fingerprint density at radius 2 is 2.13 bits per heavy atom. The van der Waals surface area contributed by atoms with Crippen LogP contribution in [0.5, 0.6) is 0 Å². The number of thioether (sulfide) groups is 1. The van der Waals surface area contributed by atoms with Gasteiger partial charge in [-0.05, 0) is 36.6 Å². The number of carbonyl (C=O) groups is 2. The number of halogens is 1. The average molecular weight is 354 g/mol. The Kier molecular flexibility index (Phi) is 5.46. The normalized spacial score (nSPS) is 24.0. The number of hydrogen-bond acceptors (Lipinski definition) is 4. The van der Waals surface area contributed by atoms with Crippen molar-refractivity contribution in [1.82, 2.24) is 15.5 Å². The third-order valence-corrected chi connectivity index (χ3v) is 5.46. The minimum atomic E-state index is -0.105. The molecule has 5 nitrogen and oxygen atoms in total. The van der Waals surface area contributed by atoms with Gasteiger partial charge < -0.3 is 15.5 Å². The lowest BCUT2D eigenvalue weighted by atomic mass is 10.0. The van der Waals surface area contributed by atoms with E-state index in [0.717, 1.165) is 31.1 Å². The van der Waals surface area contributed by atoms with Crippen LogP contribution in [-0.2, 0) is 4.79 Å². The molecule has 0 radical (unpaired) electrons. The second-order valence-electron chi connectivity index (χ2n) is 5.92. The fraction of sp³-hybridized carbons (Fsp3) is 0.500. The van der Waals surface area contributed by atoms with Gasteiger partial charge in [-0.25, -0.2) is 0 Å². The van der Waals surface area contributed by atoms with E-state index in [-0.39, 0.29) is 23.8 Å². The lowest BCUT2D eigenvalue weighted by Crippen LogP contribution is -2.42. The smallest absolute Gasteiger partial charge is 0.251 e. The van der Waals surface area contributed by atoms with E-state index in [1.54, 1.807) is 36.0 Å². The van der Waals surface area contributed by atoms with E-state index in [1.165, 1.54) is 0 Å². The molecule has 2 aliphatic heterocycles. The number of benzene rings is 1. The third kappa shape index (κ3) is 4.19. The highest BCUT2D eigenvalue weighted by Crippen LogP contribution is 2.20. The van der Waals surface area contributed by atoms with Gasteiger partial charge in [-0.3, -0.25) is 9.59 Å². The number of carbonyl (C=O) groups excluding carboxylic acids is 2. The van der Waals surface area contributed by atoms with Crippen molar-refractivity contribution in [1.29, 1.82) is 0 Å². The monoisotopic (exact) mass is 353 g/mol. The summed E-state index contributed by atoms with van der Waals surface area (Å²) in [5.74, 6) is 2.21. The highest BCUT2D eigenvalue weighted by atomic mass is 35.5. The fourth-order valence-corrected chi connectivity index (χ4v) is 3.98. The molecule has 0 unspecified atom stereocenters. The molecule has 1 aromatic carbocycles. The molecule has 0 spiro atoms. The molecule has 7 heteroatoms. The zero-order chi connectivity index (χ0) is 16.2. The Balaban J connectivity index is 1.45. The van der Waals surface area contributed by atoms with Crippen LogP contribution in [0.3, 0.4) is 0 Å². The molecule has 2 heterocycles. The molecular formula is C16H20ClN3O2S. The lowest BCUT2D eigenvalue weighted by molar-refractivity contribution is -0.131. The third-order valence-electron chi connectivity index (χ3n) is 4.24. The van der Waals surface area contributed by atoms with Gasteiger partial charge in [-0.1, -0.05) is 11.6 Å². The standard InChI is InChI=1S/C16H20ClN3O2S/c17-13-3-1-12(2-4-13)15(21)19-9-11-7-14(18-8-11)16(22)20-5-6-23-10-20/h1-4,11,14,18H,5-10H2,(H,19,21)/t11-,14-/m0/s1. The van der Waals surface area contributed by atoms with E-state index in [4.69, 9.17) is 11.6 Å². The molecule has 2 saturated heterocycles. The molecule has 2 aliphatic rings. The lowest BCUT2D eigenvalue weighted by Gasteiger charge is -2.19. The van der Waals surface area contributed by atoms with Gasteiger partial charge in [-0.15, -0.1) is 11.8 Å². The molecule has 2 atom stereocenters. The maximum absolute atomic E-state index is 12.3. The van der Waals surface area contributed by atoms with Crippen LogP contribution in [0.25, 0.3) is 0 Å². The van der Waals surface area contributed by atoms with Crippen LogP contribution < -0.4 is 10.6 Å². The predicted molar refractivity (Wildman–Crippen MR) is 92.7 cm³/mol. The minimum absolute atomic E-state index is 0.104. The summed E-state index contributed by atoms with van der Waals surface area (Å²) in [4.78, 5) is 26.3. The van der Waals surface area contributed by atoms with E-state index < -0.39 is 0 Å². The summed E-state index contributed by atoms with van der Waals surface area (Å²) in [6.07, 6.45) is 0.779. The number of nitrogens with zero attached hydrogens (tertiary/aromatic N) is 1. The molecule has 3 rings (SSSR count). The molecule has 2 N–H and O–H groups in total. The topological polar surface area (TPSA) is 61.4 Å². The highest BCUT2D eigenvalue weighted by molar-refractivity contribution is 7.99. The van der Waals surface area contributed by atoms with Crippen molar-refractivity contribution in [2.24, 2.45) is 5.92 Å². The van der Waals surface area contributed by atoms with Gasteiger partial charge in [0.15, 0.2) is 0 Å². The van der Waals surface area contributed by atoms with Crippen LogP contribution in [0.1, 0.15) is 16.8 Å². The van der Waals surface area contributed by atoms with E-state index in [2.05, 4.69) is 10.6 Å². The zero-order valence-corrected chi connectivity index (χ0v) is 14.3. The van der Waals surface area contributed by atoms with E-state index in [0.29, 0.717) is 17.1 Å². The number of amides is 2. The van der Waals surface area contributed by atoms with Crippen molar-refractivity contribution >= 4 is 35.2 Å². The second-order valence-corrected chi connectivity index (χ2v) is 7.43. The van der Waals surface area contributed by atoms with E-state index >= 15 is 0 Å². The Morgan fingerprint density at radius 3 is 2.83 bits per heavy atom. The minimum Gasteiger partial charge on any atom is -0.352 e. The number of rotatable bonds is 4. The van der Waals surface area contributed by atoms with E-state index in [9.17, 15) is 9.59 Å². The van der Waals surface area contributed by atoms with Gasteiger partial charge in [0.05, 0.1) is 11.9 Å². The first-order chi connectivity index (χ1) is 11.1.